The lowest BCUT2D eigenvalue weighted by molar-refractivity contribution is 0.0921. The fourth-order valence-electron chi connectivity index (χ4n) is 2.65. The molecular formula is C20H22N2O6S. The SMILES string of the molecule is COc1cccc2cc(C(=O)NCCOc3ccc(S(=O)(=O)N(C)C)cc3)oc12. The zero-order chi connectivity index (χ0) is 21.0. The van der Waals surface area contributed by atoms with E-state index in [2.05, 4.69) is 5.32 Å². The smallest absolute Gasteiger partial charge is 0.287 e. The monoisotopic (exact) mass is 418 g/mol. The van der Waals surface area contributed by atoms with Gasteiger partial charge in [-0.1, -0.05) is 12.1 Å². The first-order valence-corrected chi connectivity index (χ1v) is 10.3. The number of carbonyl (C=O) groups excluding carboxylic acids is 1. The van der Waals surface area contributed by atoms with Crippen LogP contribution in [0.25, 0.3) is 11.0 Å². The quantitative estimate of drug-likeness (QED) is 0.565. The lowest BCUT2D eigenvalue weighted by Crippen LogP contribution is -2.27. The van der Waals surface area contributed by atoms with Gasteiger partial charge in [0.15, 0.2) is 17.1 Å². The van der Waals surface area contributed by atoms with E-state index in [1.54, 1.807) is 24.3 Å². The molecule has 1 aromatic heterocycles. The third kappa shape index (κ3) is 4.52. The second-order valence-corrected chi connectivity index (χ2v) is 8.50. The first kappa shape index (κ1) is 20.7. The minimum absolute atomic E-state index is 0.183. The Morgan fingerprint density at radius 2 is 1.86 bits per heavy atom. The number of benzene rings is 2. The van der Waals surface area contributed by atoms with E-state index in [-0.39, 0.29) is 29.7 Å². The van der Waals surface area contributed by atoms with Crippen LogP contribution in [0.1, 0.15) is 10.6 Å². The van der Waals surface area contributed by atoms with Crippen LogP contribution < -0.4 is 14.8 Å². The van der Waals surface area contributed by atoms with Crippen LogP contribution in [0.2, 0.25) is 0 Å². The van der Waals surface area contributed by atoms with Crippen molar-refractivity contribution in [3.63, 3.8) is 0 Å². The van der Waals surface area contributed by atoms with Gasteiger partial charge >= 0.3 is 0 Å². The Hall–Kier alpha value is -3.04. The van der Waals surface area contributed by atoms with E-state index in [0.717, 1.165) is 9.69 Å². The predicted molar refractivity (Wildman–Crippen MR) is 108 cm³/mol. The molecule has 8 nitrogen and oxygen atoms in total. The largest absolute Gasteiger partial charge is 0.493 e. The van der Waals surface area contributed by atoms with Crippen LogP contribution in [0.5, 0.6) is 11.5 Å². The molecular weight excluding hydrogens is 396 g/mol. The van der Waals surface area contributed by atoms with Crippen LogP contribution in [0, 0.1) is 0 Å². The average Bonchev–Trinajstić information content (AvgIpc) is 3.16. The molecule has 3 aromatic rings. The molecule has 154 valence electrons. The molecule has 1 amide bonds. The van der Waals surface area contributed by atoms with Crippen molar-refractivity contribution >= 4 is 26.9 Å². The van der Waals surface area contributed by atoms with Crippen LogP contribution in [-0.4, -0.2) is 53.0 Å². The summed E-state index contributed by atoms with van der Waals surface area (Å²) in [6.07, 6.45) is 0. The van der Waals surface area contributed by atoms with Gasteiger partial charge in [-0.3, -0.25) is 4.79 Å². The number of fused-ring (bicyclic) bond motifs is 1. The highest BCUT2D eigenvalue weighted by Crippen LogP contribution is 2.28. The van der Waals surface area contributed by atoms with E-state index in [1.165, 1.54) is 33.3 Å². The molecule has 29 heavy (non-hydrogen) atoms. The molecule has 1 heterocycles. The number of ether oxygens (including phenoxy) is 2. The van der Waals surface area contributed by atoms with Gasteiger partial charge in [-0.15, -0.1) is 0 Å². The molecule has 0 unspecified atom stereocenters. The summed E-state index contributed by atoms with van der Waals surface area (Å²) in [5.41, 5.74) is 0.518. The van der Waals surface area contributed by atoms with Gasteiger partial charge in [0.05, 0.1) is 18.6 Å². The van der Waals surface area contributed by atoms with Gasteiger partial charge < -0.3 is 19.2 Å². The zero-order valence-corrected chi connectivity index (χ0v) is 17.2. The van der Waals surface area contributed by atoms with E-state index in [9.17, 15) is 13.2 Å². The van der Waals surface area contributed by atoms with Crippen molar-refractivity contribution in [2.45, 2.75) is 4.90 Å². The fourth-order valence-corrected chi connectivity index (χ4v) is 3.55. The number of hydrogen-bond donors (Lipinski definition) is 1. The van der Waals surface area contributed by atoms with Gasteiger partial charge in [-0.25, -0.2) is 12.7 Å². The normalized spacial score (nSPS) is 11.6. The number of hydrogen-bond acceptors (Lipinski definition) is 6. The van der Waals surface area contributed by atoms with Crippen molar-refractivity contribution in [1.29, 1.82) is 0 Å². The van der Waals surface area contributed by atoms with Gasteiger partial charge in [-0.2, -0.15) is 0 Å². The molecule has 9 heteroatoms. The van der Waals surface area contributed by atoms with Gasteiger partial charge in [0.1, 0.15) is 12.4 Å². The van der Waals surface area contributed by atoms with Crippen LogP contribution in [0.3, 0.4) is 0 Å². The number of sulfonamides is 1. The number of nitrogens with one attached hydrogen (secondary N) is 1. The molecule has 0 bridgehead atoms. The molecule has 0 aliphatic rings. The Morgan fingerprint density at radius 1 is 1.14 bits per heavy atom. The molecule has 3 rings (SSSR count). The molecule has 0 saturated heterocycles. The number of para-hydroxylation sites is 1. The van der Waals surface area contributed by atoms with E-state index in [4.69, 9.17) is 13.9 Å². The lowest BCUT2D eigenvalue weighted by atomic mass is 10.2. The number of furan rings is 1. The van der Waals surface area contributed by atoms with Crippen molar-refractivity contribution in [3.05, 3.63) is 54.3 Å². The Bertz CT molecular complexity index is 1100. The predicted octanol–water partition coefficient (Wildman–Crippen LogP) is 2.50. The van der Waals surface area contributed by atoms with Crippen molar-refractivity contribution < 1.29 is 27.1 Å². The summed E-state index contributed by atoms with van der Waals surface area (Å²) in [4.78, 5) is 12.5. The summed E-state index contributed by atoms with van der Waals surface area (Å²) in [7, 11) is 1.01. The molecule has 2 aromatic carbocycles. The Morgan fingerprint density at radius 3 is 2.52 bits per heavy atom. The number of methoxy groups -OCH3 is 1. The third-order valence-corrected chi connectivity index (χ3v) is 6.04. The summed E-state index contributed by atoms with van der Waals surface area (Å²) in [6, 6.07) is 13.2. The Balaban J connectivity index is 1.53. The van der Waals surface area contributed by atoms with Crippen molar-refractivity contribution in [1.82, 2.24) is 9.62 Å². The maximum atomic E-state index is 12.3. The average molecular weight is 418 g/mol. The fraction of sp³-hybridized carbons (Fsp3) is 0.250. The zero-order valence-electron chi connectivity index (χ0n) is 16.3. The number of rotatable bonds is 8. The summed E-state index contributed by atoms with van der Waals surface area (Å²) < 4.78 is 41.6. The van der Waals surface area contributed by atoms with Crippen LogP contribution in [-0.2, 0) is 10.0 Å². The summed E-state index contributed by atoms with van der Waals surface area (Å²) >= 11 is 0. The molecule has 0 spiro atoms. The highest BCUT2D eigenvalue weighted by atomic mass is 32.2. The molecule has 0 fully saturated rings. The second kappa shape index (κ2) is 8.54. The highest BCUT2D eigenvalue weighted by Gasteiger charge is 2.17. The van der Waals surface area contributed by atoms with Crippen LogP contribution >= 0.6 is 0 Å². The Kier molecular flexibility index (Phi) is 6.09. The minimum atomic E-state index is -3.48. The lowest BCUT2D eigenvalue weighted by Gasteiger charge is -2.12. The minimum Gasteiger partial charge on any atom is -0.493 e. The number of nitrogens with zero attached hydrogens (tertiary/aromatic N) is 1. The maximum Gasteiger partial charge on any atom is 0.287 e. The maximum absolute atomic E-state index is 12.3. The van der Waals surface area contributed by atoms with Crippen molar-refractivity contribution in [2.24, 2.45) is 0 Å². The third-order valence-electron chi connectivity index (χ3n) is 4.21. The van der Waals surface area contributed by atoms with E-state index < -0.39 is 10.0 Å². The van der Waals surface area contributed by atoms with E-state index in [1.807, 2.05) is 12.1 Å². The van der Waals surface area contributed by atoms with Gasteiger partial charge in [0.2, 0.25) is 10.0 Å². The van der Waals surface area contributed by atoms with Gasteiger partial charge in [0, 0.05) is 19.5 Å². The molecule has 0 radical (unpaired) electrons. The first-order chi connectivity index (χ1) is 13.8. The van der Waals surface area contributed by atoms with Crippen LogP contribution in [0.15, 0.2) is 57.8 Å². The molecule has 0 aliphatic heterocycles. The van der Waals surface area contributed by atoms with Gasteiger partial charge in [-0.05, 0) is 36.4 Å². The van der Waals surface area contributed by atoms with Crippen molar-refractivity contribution in [3.8, 4) is 11.5 Å². The molecule has 1 N–H and O–H groups in total. The number of carbonyl (C=O) groups is 1. The summed E-state index contributed by atoms with van der Waals surface area (Å²) in [6.45, 7) is 0.472. The molecule has 0 saturated carbocycles. The van der Waals surface area contributed by atoms with E-state index in [0.29, 0.717) is 17.1 Å². The number of amides is 1. The summed E-state index contributed by atoms with van der Waals surface area (Å²) in [5.74, 6) is 0.886. The highest BCUT2D eigenvalue weighted by molar-refractivity contribution is 7.89. The van der Waals surface area contributed by atoms with Crippen molar-refractivity contribution in [2.75, 3.05) is 34.4 Å². The van der Waals surface area contributed by atoms with Gasteiger partial charge in [0.25, 0.3) is 5.91 Å². The summed E-state index contributed by atoms with van der Waals surface area (Å²) in [5, 5.41) is 3.49. The first-order valence-electron chi connectivity index (χ1n) is 8.83. The standard InChI is InChI=1S/C20H22N2O6S/c1-22(2)29(24,25)16-9-7-15(8-10-16)27-12-11-21-20(23)18-13-14-5-4-6-17(26-3)19(14)28-18/h4-10,13H,11-12H2,1-3H3,(H,21,23). The topological polar surface area (TPSA) is 98.1 Å². The van der Waals surface area contributed by atoms with E-state index >= 15 is 0 Å². The molecule has 0 aliphatic carbocycles. The Labute approximate surface area is 169 Å². The second-order valence-electron chi connectivity index (χ2n) is 6.35. The van der Waals surface area contributed by atoms with Crippen LogP contribution in [0.4, 0.5) is 0 Å². The molecule has 0 atom stereocenters.